The Kier molecular flexibility index (Phi) is 3.46. The van der Waals surface area contributed by atoms with E-state index in [1.165, 1.54) is 16.5 Å². The van der Waals surface area contributed by atoms with Crippen molar-refractivity contribution >= 4 is 16.8 Å². The van der Waals surface area contributed by atoms with Crippen LogP contribution in [0.25, 0.3) is 10.9 Å². The summed E-state index contributed by atoms with van der Waals surface area (Å²) < 4.78 is 2.13. The molecule has 1 amide bonds. The zero-order valence-corrected chi connectivity index (χ0v) is 11.7. The summed E-state index contributed by atoms with van der Waals surface area (Å²) in [6.07, 6.45) is 2.14. The van der Waals surface area contributed by atoms with Crippen molar-refractivity contribution in [1.82, 2.24) is 14.8 Å². The Labute approximate surface area is 118 Å². The van der Waals surface area contributed by atoms with E-state index in [2.05, 4.69) is 46.2 Å². The van der Waals surface area contributed by atoms with Crippen molar-refractivity contribution in [3.05, 3.63) is 36.0 Å². The average Bonchev–Trinajstić information content (AvgIpc) is 2.76. The topological polar surface area (TPSA) is 63.3 Å². The molecule has 1 saturated heterocycles. The van der Waals surface area contributed by atoms with E-state index in [1.54, 1.807) is 0 Å². The van der Waals surface area contributed by atoms with Gasteiger partial charge >= 0.3 is 0 Å². The van der Waals surface area contributed by atoms with Crippen LogP contribution in [0.1, 0.15) is 5.56 Å². The van der Waals surface area contributed by atoms with E-state index in [1.807, 2.05) is 6.07 Å². The summed E-state index contributed by atoms with van der Waals surface area (Å²) in [5.74, 6) is -0.252. The third kappa shape index (κ3) is 2.30. The molecule has 1 aromatic carbocycles. The molecule has 1 aromatic heterocycles. The van der Waals surface area contributed by atoms with Crippen LogP contribution in [0, 0.1) is 0 Å². The molecule has 0 radical (unpaired) electrons. The van der Waals surface area contributed by atoms with Gasteiger partial charge in [0, 0.05) is 50.3 Å². The third-order valence-electron chi connectivity index (χ3n) is 4.04. The lowest BCUT2D eigenvalue weighted by atomic mass is 10.1. The van der Waals surface area contributed by atoms with Crippen molar-refractivity contribution in [2.24, 2.45) is 12.8 Å². The van der Waals surface area contributed by atoms with Gasteiger partial charge in [-0.05, 0) is 11.6 Å². The van der Waals surface area contributed by atoms with Crippen LogP contribution >= 0.6 is 0 Å². The minimum Gasteiger partial charge on any atom is -0.368 e. The van der Waals surface area contributed by atoms with E-state index in [4.69, 9.17) is 5.73 Å². The maximum atomic E-state index is 11.6. The number of hydrogen-bond donors (Lipinski definition) is 2. The van der Waals surface area contributed by atoms with Crippen molar-refractivity contribution in [3.63, 3.8) is 0 Å². The van der Waals surface area contributed by atoms with Crippen LogP contribution in [0.2, 0.25) is 0 Å². The summed E-state index contributed by atoms with van der Waals surface area (Å²) in [7, 11) is 2.05. The van der Waals surface area contributed by atoms with Gasteiger partial charge in [0.15, 0.2) is 0 Å². The number of nitrogens with one attached hydrogen (secondary N) is 1. The summed E-state index contributed by atoms with van der Waals surface area (Å²) in [4.78, 5) is 13.7. The van der Waals surface area contributed by atoms with Gasteiger partial charge in [0.05, 0.1) is 0 Å². The predicted molar refractivity (Wildman–Crippen MR) is 79.2 cm³/mol. The van der Waals surface area contributed by atoms with Crippen molar-refractivity contribution in [2.45, 2.75) is 12.6 Å². The van der Waals surface area contributed by atoms with Gasteiger partial charge in [-0.2, -0.15) is 0 Å². The standard InChI is InChI=1S/C15H20N4O/c1-18-9-11(12-4-2-3-5-13(12)18)10-19-7-6-17-8-14(19)15(16)20/h2-5,9,14,17H,6-8,10H2,1H3,(H2,16,20). The van der Waals surface area contributed by atoms with Crippen molar-refractivity contribution in [3.8, 4) is 0 Å². The Morgan fingerprint density at radius 1 is 1.45 bits per heavy atom. The number of para-hydroxylation sites is 1. The number of hydrogen-bond acceptors (Lipinski definition) is 3. The number of benzene rings is 1. The van der Waals surface area contributed by atoms with E-state index >= 15 is 0 Å². The molecular formula is C15H20N4O. The Bertz CT molecular complexity index is 634. The van der Waals surface area contributed by atoms with E-state index in [9.17, 15) is 4.79 Å². The van der Waals surface area contributed by atoms with Crippen LogP contribution in [0.4, 0.5) is 0 Å². The highest BCUT2D eigenvalue weighted by molar-refractivity contribution is 5.84. The molecule has 0 spiro atoms. The molecule has 2 heterocycles. The molecule has 1 fully saturated rings. The molecule has 0 aliphatic carbocycles. The zero-order chi connectivity index (χ0) is 14.1. The zero-order valence-electron chi connectivity index (χ0n) is 11.7. The summed E-state index contributed by atoms with van der Waals surface area (Å²) in [6.45, 7) is 3.14. The highest BCUT2D eigenvalue weighted by Gasteiger charge is 2.27. The molecule has 5 nitrogen and oxygen atoms in total. The first-order chi connectivity index (χ1) is 9.66. The minimum atomic E-state index is -0.252. The molecule has 1 atom stereocenters. The number of aromatic nitrogens is 1. The van der Waals surface area contributed by atoms with E-state index in [-0.39, 0.29) is 11.9 Å². The number of nitrogens with two attached hydrogens (primary N) is 1. The second kappa shape index (κ2) is 5.26. The molecule has 5 heteroatoms. The number of aryl methyl sites for hydroxylation is 1. The highest BCUT2D eigenvalue weighted by Crippen LogP contribution is 2.22. The molecule has 2 aromatic rings. The molecule has 0 bridgehead atoms. The molecule has 106 valence electrons. The molecule has 3 rings (SSSR count). The summed E-state index contributed by atoms with van der Waals surface area (Å²) in [6, 6.07) is 8.12. The first-order valence-corrected chi connectivity index (χ1v) is 6.94. The smallest absolute Gasteiger partial charge is 0.236 e. The number of piperazine rings is 1. The number of carbonyl (C=O) groups is 1. The average molecular weight is 272 g/mol. The van der Waals surface area contributed by atoms with Gasteiger partial charge in [0.2, 0.25) is 5.91 Å². The summed E-state index contributed by atoms with van der Waals surface area (Å²) in [5.41, 5.74) is 7.97. The SMILES string of the molecule is Cn1cc(CN2CCNCC2C(N)=O)c2ccccc21. The lowest BCUT2D eigenvalue weighted by Gasteiger charge is -2.33. The van der Waals surface area contributed by atoms with Gasteiger partial charge in [0.25, 0.3) is 0 Å². The van der Waals surface area contributed by atoms with Crippen LogP contribution < -0.4 is 11.1 Å². The highest BCUT2D eigenvalue weighted by atomic mass is 16.1. The molecule has 1 unspecified atom stereocenters. The molecule has 0 saturated carbocycles. The Morgan fingerprint density at radius 3 is 3.05 bits per heavy atom. The molecule has 20 heavy (non-hydrogen) atoms. The number of nitrogens with zero attached hydrogens (tertiary/aromatic N) is 2. The lowest BCUT2D eigenvalue weighted by Crippen LogP contribution is -2.56. The van der Waals surface area contributed by atoms with Gasteiger partial charge in [0.1, 0.15) is 6.04 Å². The second-order valence-corrected chi connectivity index (χ2v) is 5.38. The predicted octanol–water partition coefficient (Wildman–Crippen LogP) is 0.437. The molecular weight excluding hydrogens is 252 g/mol. The minimum absolute atomic E-state index is 0.220. The molecule has 3 N–H and O–H groups in total. The molecule has 1 aliphatic heterocycles. The third-order valence-corrected chi connectivity index (χ3v) is 4.04. The van der Waals surface area contributed by atoms with Gasteiger partial charge in [-0.15, -0.1) is 0 Å². The quantitative estimate of drug-likeness (QED) is 0.852. The van der Waals surface area contributed by atoms with Crippen molar-refractivity contribution < 1.29 is 4.79 Å². The van der Waals surface area contributed by atoms with Crippen LogP contribution in [-0.2, 0) is 18.4 Å². The monoisotopic (exact) mass is 272 g/mol. The first-order valence-electron chi connectivity index (χ1n) is 6.94. The van der Waals surface area contributed by atoms with Crippen molar-refractivity contribution in [1.29, 1.82) is 0 Å². The fraction of sp³-hybridized carbons (Fsp3) is 0.400. The summed E-state index contributed by atoms with van der Waals surface area (Å²) in [5, 5.41) is 4.47. The summed E-state index contributed by atoms with van der Waals surface area (Å²) >= 11 is 0. The van der Waals surface area contributed by atoms with E-state index in [0.717, 1.165) is 19.6 Å². The number of primary amides is 1. The largest absolute Gasteiger partial charge is 0.368 e. The van der Waals surface area contributed by atoms with Crippen LogP contribution in [0.5, 0.6) is 0 Å². The van der Waals surface area contributed by atoms with Gasteiger partial charge < -0.3 is 15.6 Å². The first kappa shape index (κ1) is 13.1. The lowest BCUT2D eigenvalue weighted by molar-refractivity contribution is -0.124. The maximum Gasteiger partial charge on any atom is 0.236 e. The fourth-order valence-electron chi connectivity index (χ4n) is 2.99. The number of carbonyl (C=O) groups excluding carboxylic acids is 1. The number of rotatable bonds is 3. The Morgan fingerprint density at radius 2 is 2.25 bits per heavy atom. The van der Waals surface area contributed by atoms with Gasteiger partial charge in [-0.3, -0.25) is 9.69 Å². The van der Waals surface area contributed by atoms with Gasteiger partial charge in [-0.1, -0.05) is 18.2 Å². The molecule has 1 aliphatic rings. The van der Waals surface area contributed by atoms with E-state index < -0.39 is 0 Å². The number of fused-ring (bicyclic) bond motifs is 1. The number of amides is 1. The van der Waals surface area contributed by atoms with Crippen molar-refractivity contribution in [2.75, 3.05) is 19.6 Å². The fourth-order valence-corrected chi connectivity index (χ4v) is 2.99. The van der Waals surface area contributed by atoms with E-state index in [0.29, 0.717) is 6.54 Å². The maximum absolute atomic E-state index is 11.6. The van der Waals surface area contributed by atoms with Crippen LogP contribution in [-0.4, -0.2) is 41.1 Å². The van der Waals surface area contributed by atoms with Crippen LogP contribution in [0.3, 0.4) is 0 Å². The second-order valence-electron chi connectivity index (χ2n) is 5.38. The normalized spacial score (nSPS) is 20.4. The Balaban J connectivity index is 1.90. The van der Waals surface area contributed by atoms with Gasteiger partial charge in [-0.25, -0.2) is 0 Å². The van der Waals surface area contributed by atoms with Crippen LogP contribution in [0.15, 0.2) is 30.5 Å². The Hall–Kier alpha value is -1.85.